The van der Waals surface area contributed by atoms with Gasteiger partial charge in [0.2, 0.25) is 11.8 Å². The van der Waals surface area contributed by atoms with Gasteiger partial charge in [-0.25, -0.2) is 9.59 Å². The maximum absolute atomic E-state index is 13.5. The number of fused-ring (bicyclic) bond motifs is 1. The molecule has 1 aromatic carbocycles. The number of nitrogens with two attached hydrogens (primary N) is 1. The second-order valence-corrected chi connectivity index (χ2v) is 11.4. The van der Waals surface area contributed by atoms with E-state index in [0.29, 0.717) is 17.2 Å². The highest BCUT2D eigenvalue weighted by Crippen LogP contribution is 2.19. The fourth-order valence-electron chi connectivity index (χ4n) is 3.92. The lowest BCUT2D eigenvalue weighted by Gasteiger charge is -2.29. The van der Waals surface area contributed by atoms with Gasteiger partial charge in [0.25, 0.3) is 0 Å². The van der Waals surface area contributed by atoms with Crippen LogP contribution in [0.1, 0.15) is 57.7 Å². The Morgan fingerprint density at radius 3 is 2.33 bits per heavy atom. The van der Waals surface area contributed by atoms with Crippen LogP contribution >= 0.6 is 0 Å². The van der Waals surface area contributed by atoms with E-state index >= 15 is 0 Å². The lowest BCUT2D eigenvalue weighted by Crippen LogP contribution is -2.56. The summed E-state index contributed by atoms with van der Waals surface area (Å²) in [5.41, 5.74) is 4.90. The minimum Gasteiger partial charge on any atom is -0.444 e. The van der Waals surface area contributed by atoms with Gasteiger partial charge in [-0.3, -0.25) is 14.0 Å². The summed E-state index contributed by atoms with van der Waals surface area (Å²) in [6.07, 6.45) is -1.50. The second kappa shape index (κ2) is 14.0. The first-order valence-corrected chi connectivity index (χ1v) is 13.6. The molecule has 0 unspecified atom stereocenters. The van der Waals surface area contributed by atoms with Crippen molar-refractivity contribution < 1.29 is 33.4 Å². The predicted molar refractivity (Wildman–Crippen MR) is 155 cm³/mol. The van der Waals surface area contributed by atoms with Crippen molar-refractivity contribution >= 4 is 29.6 Å². The van der Waals surface area contributed by atoms with Crippen LogP contribution in [-0.2, 0) is 37.0 Å². The number of alkyl carbamates (subject to hydrolysis) is 1. The van der Waals surface area contributed by atoms with Gasteiger partial charge in [-0.2, -0.15) is 0 Å². The Morgan fingerprint density at radius 2 is 1.67 bits per heavy atom. The number of amides is 4. The molecule has 0 aliphatic rings. The number of aromatic nitrogens is 3. The first-order valence-electron chi connectivity index (χ1n) is 13.6. The Kier molecular flexibility index (Phi) is 10.6. The maximum atomic E-state index is 13.5. The molecule has 0 saturated carbocycles. The molecule has 1 atom stereocenters. The van der Waals surface area contributed by atoms with E-state index in [2.05, 4.69) is 20.8 Å². The first kappa shape index (κ1) is 32.8. The first-order chi connectivity index (χ1) is 20.2. The molecule has 0 aliphatic carbocycles. The van der Waals surface area contributed by atoms with E-state index in [1.54, 1.807) is 57.2 Å². The quantitative estimate of drug-likeness (QED) is 0.283. The largest absolute Gasteiger partial charge is 0.444 e. The van der Waals surface area contributed by atoms with Gasteiger partial charge in [-0.1, -0.05) is 36.4 Å². The van der Waals surface area contributed by atoms with Crippen LogP contribution in [0.25, 0.3) is 5.65 Å². The summed E-state index contributed by atoms with van der Waals surface area (Å²) in [5.74, 6) is -0.900. The molecule has 2 heterocycles. The molecule has 0 bridgehead atoms. The van der Waals surface area contributed by atoms with Crippen LogP contribution in [-0.4, -0.2) is 74.8 Å². The number of likely N-dealkylation sites (N-methyl/N-ethyl adjacent to an activating group) is 1. The number of hydrogen-bond donors (Lipinski definition) is 3. The molecular weight excluding hydrogens is 558 g/mol. The van der Waals surface area contributed by atoms with E-state index in [4.69, 9.17) is 19.9 Å². The average Bonchev–Trinajstić information content (AvgIpc) is 3.34. The van der Waals surface area contributed by atoms with Gasteiger partial charge in [0, 0.05) is 7.05 Å². The SMILES string of the molecule is CN(CC(N)=O)C(=O)OCc1cccc2nnc([C@@H](COCc3ccccc3)NC(=O)C(C)(C)NC(=O)OC(C)(C)C)n12. The fourth-order valence-corrected chi connectivity index (χ4v) is 3.92. The lowest BCUT2D eigenvalue weighted by atomic mass is 10.0. The molecule has 14 heteroatoms. The molecule has 43 heavy (non-hydrogen) atoms. The average molecular weight is 598 g/mol. The highest BCUT2D eigenvalue weighted by atomic mass is 16.6. The topological polar surface area (TPSA) is 179 Å². The van der Waals surface area contributed by atoms with E-state index in [-0.39, 0.29) is 26.4 Å². The number of hydrogen-bond acceptors (Lipinski definition) is 9. The molecular formula is C29H39N7O7. The van der Waals surface area contributed by atoms with Crippen LogP contribution in [0, 0.1) is 0 Å². The summed E-state index contributed by atoms with van der Waals surface area (Å²) < 4.78 is 18.3. The highest BCUT2D eigenvalue weighted by Gasteiger charge is 2.34. The van der Waals surface area contributed by atoms with E-state index in [1.165, 1.54) is 7.05 Å². The van der Waals surface area contributed by atoms with E-state index < -0.39 is 41.2 Å². The van der Waals surface area contributed by atoms with Crippen molar-refractivity contribution in [2.24, 2.45) is 5.73 Å². The summed E-state index contributed by atoms with van der Waals surface area (Å²) in [4.78, 5) is 50.6. The third-order valence-electron chi connectivity index (χ3n) is 5.98. The summed E-state index contributed by atoms with van der Waals surface area (Å²) in [7, 11) is 1.39. The van der Waals surface area contributed by atoms with E-state index in [1.807, 2.05) is 30.3 Å². The van der Waals surface area contributed by atoms with Gasteiger partial charge >= 0.3 is 12.2 Å². The summed E-state index contributed by atoms with van der Waals surface area (Å²) in [5, 5.41) is 14.1. The summed E-state index contributed by atoms with van der Waals surface area (Å²) >= 11 is 0. The molecule has 0 saturated heterocycles. The standard InChI is InChI=1S/C29H39N7O7/c1-28(2,3)43-26(39)32-29(4,5)25(38)31-21(18-41-16-19-11-8-7-9-12-19)24-34-33-23-14-10-13-20(36(23)24)17-42-27(40)35(6)15-22(30)37/h7-14,21H,15-18H2,1-6H3,(H2,30,37)(H,31,38)(H,32,39)/t21-/m1/s1. The van der Waals surface area contributed by atoms with Crippen molar-refractivity contribution in [3.63, 3.8) is 0 Å². The number of carbonyl (C=O) groups excluding carboxylic acids is 4. The van der Waals surface area contributed by atoms with Crippen LogP contribution in [0.4, 0.5) is 9.59 Å². The third kappa shape index (κ3) is 9.67. The van der Waals surface area contributed by atoms with Crippen molar-refractivity contribution in [2.45, 2.75) is 65.0 Å². The van der Waals surface area contributed by atoms with Gasteiger partial charge in [-0.05, 0) is 52.3 Å². The summed E-state index contributed by atoms with van der Waals surface area (Å²) in [6.45, 7) is 8.03. The molecule has 0 spiro atoms. The Labute approximate surface area is 249 Å². The number of ether oxygens (including phenoxy) is 3. The molecule has 14 nitrogen and oxygen atoms in total. The van der Waals surface area contributed by atoms with E-state index in [0.717, 1.165) is 10.5 Å². The van der Waals surface area contributed by atoms with Crippen LogP contribution in [0.5, 0.6) is 0 Å². The van der Waals surface area contributed by atoms with Gasteiger partial charge in [0.05, 0.1) is 18.9 Å². The Hall–Kier alpha value is -4.72. The van der Waals surface area contributed by atoms with Gasteiger partial charge in [0.1, 0.15) is 30.3 Å². The Morgan fingerprint density at radius 1 is 0.977 bits per heavy atom. The molecule has 0 aliphatic heterocycles. The molecule has 4 N–H and O–H groups in total. The molecule has 2 aromatic heterocycles. The second-order valence-electron chi connectivity index (χ2n) is 11.4. The minimum absolute atomic E-state index is 0.000579. The highest BCUT2D eigenvalue weighted by molar-refractivity contribution is 5.89. The number of nitrogens with one attached hydrogen (secondary N) is 2. The maximum Gasteiger partial charge on any atom is 0.410 e. The zero-order valence-corrected chi connectivity index (χ0v) is 25.2. The monoisotopic (exact) mass is 597 g/mol. The number of pyridine rings is 1. The Bertz CT molecular complexity index is 1430. The molecule has 0 radical (unpaired) electrons. The number of benzene rings is 1. The van der Waals surface area contributed by atoms with E-state index in [9.17, 15) is 19.2 Å². The van der Waals surface area contributed by atoms with Crippen molar-refractivity contribution in [2.75, 3.05) is 20.2 Å². The number of primary amides is 1. The molecule has 3 aromatic rings. The lowest BCUT2D eigenvalue weighted by molar-refractivity contribution is -0.128. The molecule has 3 rings (SSSR count). The molecule has 4 amide bonds. The molecule has 232 valence electrons. The van der Waals surface area contributed by atoms with Gasteiger partial charge < -0.3 is 35.5 Å². The fraction of sp³-hybridized carbons (Fsp3) is 0.448. The summed E-state index contributed by atoms with van der Waals surface area (Å²) in [6, 6.07) is 13.8. The number of nitrogens with zero attached hydrogens (tertiary/aromatic N) is 4. The predicted octanol–water partition coefficient (Wildman–Crippen LogP) is 2.46. The van der Waals surface area contributed by atoms with Crippen molar-refractivity contribution in [1.29, 1.82) is 0 Å². The van der Waals surface area contributed by atoms with Crippen LogP contribution in [0.15, 0.2) is 48.5 Å². The third-order valence-corrected chi connectivity index (χ3v) is 5.98. The normalized spacial score (nSPS) is 12.3. The minimum atomic E-state index is -1.37. The van der Waals surface area contributed by atoms with Gasteiger partial charge in [0.15, 0.2) is 11.5 Å². The smallest absolute Gasteiger partial charge is 0.410 e. The zero-order valence-electron chi connectivity index (χ0n) is 25.2. The van der Waals surface area contributed by atoms with Crippen LogP contribution in [0.3, 0.4) is 0 Å². The van der Waals surface area contributed by atoms with Crippen molar-refractivity contribution in [3.05, 3.63) is 65.6 Å². The van der Waals surface area contributed by atoms with Gasteiger partial charge in [-0.15, -0.1) is 10.2 Å². The molecule has 0 fully saturated rings. The zero-order chi connectivity index (χ0) is 31.8. The van der Waals surface area contributed by atoms with Crippen molar-refractivity contribution in [1.82, 2.24) is 30.1 Å². The Balaban J connectivity index is 1.87. The van der Waals surface area contributed by atoms with Crippen molar-refractivity contribution in [3.8, 4) is 0 Å². The number of rotatable bonds is 12. The number of carbonyl (C=O) groups is 4. The van der Waals surface area contributed by atoms with Crippen LogP contribution in [0.2, 0.25) is 0 Å². The van der Waals surface area contributed by atoms with Crippen LogP contribution < -0.4 is 16.4 Å².